The molecule has 5 heteroatoms. The molecule has 5 nitrogen and oxygen atoms in total. The van der Waals surface area contributed by atoms with Gasteiger partial charge in [0.2, 0.25) is 0 Å². The summed E-state index contributed by atoms with van der Waals surface area (Å²) in [5.41, 5.74) is 18.1. The molecule has 0 atom stereocenters. The molecule has 0 N–H and O–H groups in total. The van der Waals surface area contributed by atoms with Gasteiger partial charge in [0, 0.05) is 55.4 Å². The average Bonchev–Trinajstić information content (AvgIpc) is 4.09. The van der Waals surface area contributed by atoms with Crippen molar-refractivity contribution < 1.29 is 13.6 Å². The van der Waals surface area contributed by atoms with E-state index >= 15 is 0 Å². The van der Waals surface area contributed by atoms with E-state index < -0.39 is 5.41 Å². The average molecular weight is 959 g/mol. The van der Waals surface area contributed by atoms with Gasteiger partial charge in [0.15, 0.2) is 11.2 Å². The van der Waals surface area contributed by atoms with Gasteiger partial charge >= 0.3 is 0 Å². The Balaban J connectivity index is 1.04. The maximum atomic E-state index is 6.91. The molecule has 74 heavy (non-hydrogen) atoms. The lowest BCUT2D eigenvalue weighted by Gasteiger charge is -2.40. The van der Waals surface area contributed by atoms with E-state index in [0.29, 0.717) is 0 Å². The van der Waals surface area contributed by atoms with Crippen molar-refractivity contribution in [3.63, 3.8) is 0 Å². The third-order valence-electron chi connectivity index (χ3n) is 15.7. The third kappa shape index (κ3) is 6.55. The van der Waals surface area contributed by atoms with E-state index in [4.69, 9.17) is 13.6 Å². The minimum absolute atomic E-state index is 0.0133. The van der Waals surface area contributed by atoms with Crippen LogP contribution in [0.15, 0.2) is 227 Å². The second kappa shape index (κ2) is 16.1. The van der Waals surface area contributed by atoms with Gasteiger partial charge in [-0.15, -0.1) is 0 Å². The predicted molar refractivity (Wildman–Crippen MR) is 305 cm³/mol. The molecule has 0 saturated carbocycles. The molecule has 1 aliphatic carbocycles. The number of hydrogen-bond donors (Lipinski definition) is 0. The van der Waals surface area contributed by atoms with Gasteiger partial charge in [0.25, 0.3) is 0 Å². The first-order valence-electron chi connectivity index (χ1n) is 25.7. The predicted octanol–water partition coefficient (Wildman–Crippen LogP) is 19.5. The van der Waals surface area contributed by atoms with Crippen LogP contribution in [0, 0.1) is 0 Å². The zero-order valence-corrected chi connectivity index (χ0v) is 42.4. The van der Waals surface area contributed by atoms with Crippen LogP contribution in [-0.2, 0) is 16.2 Å². The van der Waals surface area contributed by atoms with E-state index in [1.807, 2.05) is 12.1 Å². The van der Waals surface area contributed by atoms with Crippen molar-refractivity contribution in [2.24, 2.45) is 0 Å². The van der Waals surface area contributed by atoms with E-state index in [9.17, 15) is 0 Å². The van der Waals surface area contributed by atoms with Gasteiger partial charge in [-0.05, 0) is 129 Å². The molecule has 2 aromatic heterocycles. The Morgan fingerprint density at radius 1 is 0.338 bits per heavy atom. The molecule has 14 rings (SSSR count). The van der Waals surface area contributed by atoms with Crippen LogP contribution < -0.4 is 14.5 Å². The Morgan fingerprint density at radius 3 is 1.15 bits per heavy atom. The highest BCUT2D eigenvalue weighted by Crippen LogP contribution is 2.64. The Morgan fingerprint density at radius 2 is 0.716 bits per heavy atom. The van der Waals surface area contributed by atoms with Crippen molar-refractivity contribution in [3.05, 3.63) is 252 Å². The molecule has 0 bridgehead atoms. The maximum Gasteiger partial charge on any atom is 0.159 e. The topological polar surface area (TPSA) is 42.0 Å². The van der Waals surface area contributed by atoms with Gasteiger partial charge in [-0.3, -0.25) is 0 Å². The van der Waals surface area contributed by atoms with Gasteiger partial charge < -0.3 is 23.4 Å². The summed E-state index contributed by atoms with van der Waals surface area (Å²) >= 11 is 0. The molecule has 2 aliphatic rings. The number of rotatable bonds is 6. The van der Waals surface area contributed by atoms with Crippen LogP contribution in [0.1, 0.15) is 74.9 Å². The molecule has 0 amide bonds. The molecule has 1 aliphatic heterocycles. The minimum Gasteiger partial charge on any atom is -0.457 e. The number of benzene rings is 10. The lowest BCUT2D eigenvalue weighted by molar-refractivity contribution is 0.436. The fourth-order valence-corrected chi connectivity index (χ4v) is 12.0. The second-order valence-electron chi connectivity index (χ2n) is 22.1. The summed E-state index contributed by atoms with van der Waals surface area (Å²) in [7, 11) is 0. The molecule has 12 aromatic rings. The number of hydrogen-bond acceptors (Lipinski definition) is 5. The van der Waals surface area contributed by atoms with E-state index in [1.54, 1.807) is 0 Å². The number of para-hydroxylation sites is 6. The van der Waals surface area contributed by atoms with E-state index in [2.05, 4.69) is 258 Å². The smallest absolute Gasteiger partial charge is 0.159 e. The molecule has 10 aromatic carbocycles. The fourth-order valence-electron chi connectivity index (χ4n) is 12.0. The lowest BCUT2D eigenvalue weighted by atomic mass is 9.66. The zero-order valence-electron chi connectivity index (χ0n) is 42.4. The van der Waals surface area contributed by atoms with Crippen LogP contribution >= 0.6 is 0 Å². The van der Waals surface area contributed by atoms with Crippen LogP contribution in [-0.4, -0.2) is 0 Å². The Hall–Kier alpha value is -8.80. The summed E-state index contributed by atoms with van der Waals surface area (Å²) in [6.45, 7) is 13.6. The van der Waals surface area contributed by atoms with Crippen LogP contribution in [0.25, 0.3) is 55.0 Å². The highest BCUT2D eigenvalue weighted by molar-refractivity contribution is 6.12. The van der Waals surface area contributed by atoms with Gasteiger partial charge in [-0.1, -0.05) is 175 Å². The van der Waals surface area contributed by atoms with Crippen molar-refractivity contribution in [3.8, 4) is 22.6 Å². The highest BCUT2D eigenvalue weighted by Gasteiger charge is 2.51. The molecule has 0 saturated heterocycles. The van der Waals surface area contributed by atoms with Crippen LogP contribution in [0.4, 0.5) is 34.1 Å². The van der Waals surface area contributed by atoms with Gasteiger partial charge in [0.05, 0.1) is 16.8 Å². The molecule has 1 spiro atoms. The molecule has 0 fully saturated rings. The highest BCUT2D eigenvalue weighted by atomic mass is 16.5. The lowest BCUT2D eigenvalue weighted by Crippen LogP contribution is -2.32. The first-order valence-corrected chi connectivity index (χ1v) is 25.7. The molecule has 0 unspecified atom stereocenters. The summed E-state index contributed by atoms with van der Waals surface area (Å²) in [6.07, 6.45) is 0. The normalized spacial score (nSPS) is 13.5. The number of ether oxygens (including phenoxy) is 1. The second-order valence-corrected chi connectivity index (χ2v) is 22.1. The minimum atomic E-state index is -0.789. The van der Waals surface area contributed by atoms with Crippen molar-refractivity contribution in [1.82, 2.24) is 0 Å². The number of fused-ring (bicyclic) bond motifs is 15. The van der Waals surface area contributed by atoms with Crippen LogP contribution in [0.2, 0.25) is 0 Å². The summed E-state index contributed by atoms with van der Waals surface area (Å²) in [5.74, 6) is 1.67. The van der Waals surface area contributed by atoms with Crippen molar-refractivity contribution in [1.29, 1.82) is 0 Å². The first kappa shape index (κ1) is 43.9. The summed E-state index contributed by atoms with van der Waals surface area (Å²) < 4.78 is 20.6. The van der Waals surface area contributed by atoms with Crippen molar-refractivity contribution in [2.75, 3.05) is 9.80 Å². The van der Waals surface area contributed by atoms with E-state index in [1.165, 1.54) is 33.4 Å². The van der Waals surface area contributed by atoms with Crippen LogP contribution in [0.3, 0.4) is 0 Å². The van der Waals surface area contributed by atoms with Gasteiger partial charge in [-0.25, -0.2) is 0 Å². The third-order valence-corrected chi connectivity index (χ3v) is 15.7. The maximum absolute atomic E-state index is 6.91. The Kier molecular flexibility index (Phi) is 9.56. The summed E-state index contributed by atoms with van der Waals surface area (Å²) in [6, 6.07) is 79.2. The largest absolute Gasteiger partial charge is 0.457 e. The molecular weight excluding hydrogens is 905 g/mol. The first-order chi connectivity index (χ1) is 35.9. The quantitative estimate of drug-likeness (QED) is 0.166. The standard InChI is InChI=1S/C69H54N2O3/c1-67(2,3)43-29-33-45(34-30-43)70(59-23-15-19-53-51-17-7-11-25-61(51)73-65(53)59)47-37-39-49-50-40-38-48(42-58(50)69(57(49)41-47)55-21-9-13-27-63(55)72-64-28-14-10-22-56(64)69)71(46-35-31-44(32-36-46)68(4,5)6)60-24-16-20-54-52-18-8-12-26-62(52)74-66(54)60/h7-42H,1-6H3. The number of nitrogens with zero attached hydrogens (tertiary/aromatic N) is 2. The van der Waals surface area contributed by atoms with Gasteiger partial charge in [-0.2, -0.15) is 0 Å². The van der Waals surface area contributed by atoms with Crippen LogP contribution in [0.5, 0.6) is 11.5 Å². The van der Waals surface area contributed by atoms with Gasteiger partial charge in [0.1, 0.15) is 22.7 Å². The molecular formula is C69H54N2O3. The fraction of sp³-hybridized carbons (Fsp3) is 0.130. The number of furan rings is 2. The van der Waals surface area contributed by atoms with E-state index in [-0.39, 0.29) is 10.8 Å². The monoisotopic (exact) mass is 958 g/mol. The zero-order chi connectivity index (χ0) is 50.1. The van der Waals surface area contributed by atoms with E-state index in [0.717, 1.165) is 101 Å². The Bertz CT molecular complexity index is 3930. The molecule has 0 radical (unpaired) electrons. The van der Waals surface area contributed by atoms with Crippen molar-refractivity contribution >= 4 is 78.0 Å². The SMILES string of the molecule is CC(C)(C)c1ccc(N(c2ccc3c(c2)C2(c4ccccc4Oc4ccccc42)c2cc(N(c4ccc(C(C)(C)C)cc4)c4cccc5c4oc4ccccc45)ccc2-3)c2cccc3c2oc2ccccc23)cc1. The van der Waals surface area contributed by atoms with Crippen molar-refractivity contribution in [2.45, 2.75) is 57.8 Å². The summed E-state index contributed by atoms with van der Waals surface area (Å²) in [5, 5.41) is 4.35. The molecule has 358 valence electrons. The summed E-state index contributed by atoms with van der Waals surface area (Å²) in [4.78, 5) is 4.77. The Labute approximate surface area is 431 Å². The number of anilines is 6. The molecule has 3 heterocycles.